The van der Waals surface area contributed by atoms with E-state index in [-0.39, 0.29) is 18.1 Å². The predicted octanol–water partition coefficient (Wildman–Crippen LogP) is 2.36. The fraction of sp³-hybridized carbons (Fsp3) is 0.733. The molecule has 0 bridgehead atoms. The summed E-state index contributed by atoms with van der Waals surface area (Å²) in [6, 6.07) is 0. The van der Waals surface area contributed by atoms with E-state index in [4.69, 9.17) is 4.74 Å². The number of esters is 1. The van der Waals surface area contributed by atoms with Crippen molar-refractivity contribution >= 4 is 5.97 Å². The van der Waals surface area contributed by atoms with Crippen LogP contribution in [0.2, 0.25) is 0 Å². The molecule has 0 aliphatic rings. The molecular weight excluding hydrogens is 254 g/mol. The first-order valence-electron chi connectivity index (χ1n) is 6.92. The fourth-order valence-electron chi connectivity index (χ4n) is 1.78. The van der Waals surface area contributed by atoms with Crippen LogP contribution in [0.5, 0.6) is 0 Å². The Morgan fingerprint density at radius 1 is 1.30 bits per heavy atom. The van der Waals surface area contributed by atoms with Gasteiger partial charge in [0.15, 0.2) is 0 Å². The molecule has 0 aliphatic heterocycles. The maximum absolute atomic E-state index is 12.0. The van der Waals surface area contributed by atoms with Crippen LogP contribution in [-0.4, -0.2) is 38.1 Å². The van der Waals surface area contributed by atoms with Crippen LogP contribution in [-0.2, 0) is 23.1 Å². The highest BCUT2D eigenvalue weighted by Gasteiger charge is 2.27. The molecule has 0 unspecified atom stereocenters. The number of carbonyl (C=O) groups excluding carboxylic acids is 1. The Morgan fingerprint density at radius 3 is 2.30 bits per heavy atom. The molecule has 5 nitrogen and oxygen atoms in total. The van der Waals surface area contributed by atoms with Crippen molar-refractivity contribution in [2.45, 2.75) is 59.2 Å². The van der Waals surface area contributed by atoms with E-state index in [0.29, 0.717) is 6.54 Å². The summed E-state index contributed by atoms with van der Waals surface area (Å²) in [5.41, 5.74) is -0.591. The lowest BCUT2D eigenvalue weighted by molar-refractivity contribution is -0.157. The van der Waals surface area contributed by atoms with Gasteiger partial charge in [-0.1, -0.05) is 0 Å². The molecule has 114 valence electrons. The molecule has 1 aromatic rings. The van der Waals surface area contributed by atoms with Gasteiger partial charge in [-0.05, 0) is 41.5 Å². The number of rotatable bonds is 4. The summed E-state index contributed by atoms with van der Waals surface area (Å²) in [6.07, 6.45) is 3.67. The fourth-order valence-corrected chi connectivity index (χ4v) is 1.78. The molecule has 20 heavy (non-hydrogen) atoms. The number of ether oxygens (including phenoxy) is 1. The second kappa shape index (κ2) is 5.95. The second-order valence-corrected chi connectivity index (χ2v) is 7.07. The van der Waals surface area contributed by atoms with E-state index < -0.39 is 5.60 Å². The third-order valence-corrected chi connectivity index (χ3v) is 2.94. The Hall–Kier alpha value is -1.36. The van der Waals surface area contributed by atoms with E-state index >= 15 is 0 Å². The lowest BCUT2D eigenvalue weighted by Crippen LogP contribution is -2.45. The number of hydrogen-bond donors (Lipinski definition) is 0. The Balaban J connectivity index is 2.76. The minimum atomic E-state index is -0.455. The number of nitrogens with zero attached hydrogens (tertiary/aromatic N) is 3. The van der Waals surface area contributed by atoms with Crippen LogP contribution in [0.1, 0.15) is 47.4 Å². The van der Waals surface area contributed by atoms with Crippen molar-refractivity contribution in [1.82, 2.24) is 14.5 Å². The molecular formula is C15H27N3O2. The van der Waals surface area contributed by atoms with Crippen LogP contribution in [0.15, 0.2) is 12.4 Å². The van der Waals surface area contributed by atoms with Crippen molar-refractivity contribution in [1.29, 1.82) is 0 Å². The summed E-state index contributed by atoms with van der Waals surface area (Å²) >= 11 is 0. The maximum Gasteiger partial charge on any atom is 0.320 e. The van der Waals surface area contributed by atoms with E-state index in [1.807, 2.05) is 38.6 Å². The molecule has 0 atom stereocenters. The summed E-state index contributed by atoms with van der Waals surface area (Å²) in [7, 11) is 1.96. The minimum absolute atomic E-state index is 0.136. The lowest BCUT2D eigenvalue weighted by atomic mass is 10.1. The van der Waals surface area contributed by atoms with Crippen molar-refractivity contribution in [2.24, 2.45) is 7.05 Å². The first-order valence-corrected chi connectivity index (χ1v) is 6.92. The van der Waals surface area contributed by atoms with Gasteiger partial charge in [0.05, 0.1) is 13.1 Å². The Kier molecular flexibility index (Phi) is 4.97. The highest BCUT2D eigenvalue weighted by molar-refractivity contribution is 5.72. The third kappa shape index (κ3) is 5.33. The number of aromatic nitrogens is 2. The van der Waals surface area contributed by atoms with E-state index in [0.717, 1.165) is 5.82 Å². The summed E-state index contributed by atoms with van der Waals surface area (Å²) in [6.45, 7) is 12.8. The van der Waals surface area contributed by atoms with Crippen LogP contribution in [0.3, 0.4) is 0 Å². The molecule has 1 aromatic heterocycles. The van der Waals surface area contributed by atoms with Gasteiger partial charge >= 0.3 is 5.97 Å². The molecule has 1 rings (SSSR count). The number of imidazole rings is 1. The highest BCUT2D eigenvalue weighted by Crippen LogP contribution is 2.17. The van der Waals surface area contributed by atoms with Crippen LogP contribution < -0.4 is 0 Å². The van der Waals surface area contributed by atoms with Crippen molar-refractivity contribution < 1.29 is 9.53 Å². The van der Waals surface area contributed by atoms with Crippen molar-refractivity contribution in [3.63, 3.8) is 0 Å². The van der Waals surface area contributed by atoms with Gasteiger partial charge in [-0.15, -0.1) is 0 Å². The molecule has 1 heterocycles. The van der Waals surface area contributed by atoms with Crippen LogP contribution in [0, 0.1) is 0 Å². The zero-order valence-corrected chi connectivity index (χ0v) is 13.7. The van der Waals surface area contributed by atoms with Gasteiger partial charge in [-0.2, -0.15) is 0 Å². The average Bonchev–Trinajstić information content (AvgIpc) is 2.59. The number of carbonyl (C=O) groups is 1. The summed E-state index contributed by atoms with van der Waals surface area (Å²) in [5, 5.41) is 0. The summed E-state index contributed by atoms with van der Waals surface area (Å²) in [4.78, 5) is 18.4. The van der Waals surface area contributed by atoms with Gasteiger partial charge in [0.1, 0.15) is 11.4 Å². The van der Waals surface area contributed by atoms with E-state index in [1.165, 1.54) is 0 Å². The Morgan fingerprint density at radius 2 is 1.90 bits per heavy atom. The normalized spacial score (nSPS) is 12.8. The van der Waals surface area contributed by atoms with Gasteiger partial charge in [0.2, 0.25) is 0 Å². The van der Waals surface area contributed by atoms with E-state index in [2.05, 4.69) is 30.7 Å². The Bertz CT molecular complexity index is 452. The van der Waals surface area contributed by atoms with Crippen LogP contribution in [0.25, 0.3) is 0 Å². The standard InChI is InChI=1S/C15H27N3O2/c1-14(2,3)18(10-12-16-8-9-17(12)7)11-13(19)20-15(4,5)6/h8-9H,10-11H2,1-7H3. The van der Waals surface area contributed by atoms with Gasteiger partial charge in [0, 0.05) is 25.0 Å². The number of hydrogen-bond acceptors (Lipinski definition) is 4. The van der Waals surface area contributed by atoms with E-state index in [1.54, 1.807) is 6.20 Å². The monoisotopic (exact) mass is 281 g/mol. The summed E-state index contributed by atoms with van der Waals surface area (Å²) in [5.74, 6) is 0.727. The Labute approximate surface area is 121 Å². The van der Waals surface area contributed by atoms with Crippen LogP contribution in [0.4, 0.5) is 0 Å². The predicted molar refractivity (Wildman–Crippen MR) is 79.2 cm³/mol. The van der Waals surface area contributed by atoms with Gasteiger partial charge < -0.3 is 9.30 Å². The molecule has 0 saturated carbocycles. The van der Waals surface area contributed by atoms with Gasteiger partial charge in [0.25, 0.3) is 0 Å². The topological polar surface area (TPSA) is 47.4 Å². The zero-order valence-electron chi connectivity index (χ0n) is 13.7. The van der Waals surface area contributed by atoms with Crippen LogP contribution >= 0.6 is 0 Å². The first kappa shape index (κ1) is 16.7. The highest BCUT2D eigenvalue weighted by atomic mass is 16.6. The SMILES string of the molecule is Cn1ccnc1CN(CC(=O)OC(C)(C)C)C(C)(C)C. The molecule has 0 aromatic carbocycles. The van der Waals surface area contributed by atoms with Crippen molar-refractivity contribution in [3.8, 4) is 0 Å². The smallest absolute Gasteiger partial charge is 0.320 e. The number of aryl methyl sites for hydroxylation is 1. The van der Waals surface area contributed by atoms with Crippen molar-refractivity contribution in [3.05, 3.63) is 18.2 Å². The lowest BCUT2D eigenvalue weighted by Gasteiger charge is -2.35. The minimum Gasteiger partial charge on any atom is -0.459 e. The largest absolute Gasteiger partial charge is 0.459 e. The molecule has 0 amide bonds. The second-order valence-electron chi connectivity index (χ2n) is 7.07. The first-order chi connectivity index (χ1) is 8.99. The van der Waals surface area contributed by atoms with Gasteiger partial charge in [-0.3, -0.25) is 9.69 Å². The molecule has 0 aliphatic carbocycles. The molecule has 0 saturated heterocycles. The molecule has 0 fully saturated rings. The third-order valence-electron chi connectivity index (χ3n) is 2.94. The van der Waals surface area contributed by atoms with Crippen molar-refractivity contribution in [2.75, 3.05) is 6.54 Å². The average molecular weight is 281 g/mol. The molecule has 0 spiro atoms. The van der Waals surface area contributed by atoms with Gasteiger partial charge in [-0.25, -0.2) is 4.98 Å². The van der Waals surface area contributed by atoms with E-state index in [9.17, 15) is 4.79 Å². The molecule has 5 heteroatoms. The molecule has 0 radical (unpaired) electrons. The zero-order chi connectivity index (χ0) is 15.6. The maximum atomic E-state index is 12.0. The quantitative estimate of drug-likeness (QED) is 0.795. The summed E-state index contributed by atoms with van der Waals surface area (Å²) < 4.78 is 7.37. The molecule has 0 N–H and O–H groups in total.